The summed E-state index contributed by atoms with van der Waals surface area (Å²) in [5.74, 6) is -0.242. The van der Waals surface area contributed by atoms with Crippen LogP contribution in [0.3, 0.4) is 0 Å². The summed E-state index contributed by atoms with van der Waals surface area (Å²) in [6, 6.07) is 6.17. The molecule has 0 aromatic heterocycles. The molecular formula is C16H22FNO2. The Bertz CT molecular complexity index is 446. The maximum absolute atomic E-state index is 12.8. The van der Waals surface area contributed by atoms with E-state index in [1.54, 1.807) is 12.1 Å². The molecule has 2 atom stereocenters. The van der Waals surface area contributed by atoms with Crippen LogP contribution in [0, 0.1) is 5.82 Å². The van der Waals surface area contributed by atoms with E-state index in [1.165, 1.54) is 12.1 Å². The Labute approximate surface area is 119 Å². The van der Waals surface area contributed by atoms with Crippen molar-refractivity contribution >= 4 is 5.78 Å². The highest BCUT2D eigenvalue weighted by molar-refractivity contribution is 5.96. The Balaban J connectivity index is 1.90. The molecule has 1 aromatic carbocycles. The molecule has 0 radical (unpaired) electrons. The second-order valence-electron chi connectivity index (χ2n) is 5.38. The molecule has 2 unspecified atom stereocenters. The third kappa shape index (κ3) is 3.87. The first-order chi connectivity index (χ1) is 9.60. The molecule has 0 spiro atoms. The molecule has 1 aliphatic rings. The van der Waals surface area contributed by atoms with Crippen LogP contribution in [-0.2, 0) is 4.74 Å². The van der Waals surface area contributed by atoms with Crippen LogP contribution in [-0.4, -0.2) is 42.5 Å². The van der Waals surface area contributed by atoms with Crippen molar-refractivity contribution in [3.05, 3.63) is 35.6 Å². The lowest BCUT2D eigenvalue weighted by Gasteiger charge is -2.38. The molecule has 110 valence electrons. The van der Waals surface area contributed by atoms with Crippen molar-refractivity contribution in [1.82, 2.24) is 4.90 Å². The lowest BCUT2D eigenvalue weighted by Crippen LogP contribution is -2.49. The number of halogens is 1. The van der Waals surface area contributed by atoms with Gasteiger partial charge in [-0.1, -0.05) is 6.92 Å². The van der Waals surface area contributed by atoms with E-state index in [1.807, 2.05) is 0 Å². The van der Waals surface area contributed by atoms with E-state index in [-0.39, 0.29) is 17.7 Å². The van der Waals surface area contributed by atoms with Crippen molar-refractivity contribution in [2.24, 2.45) is 0 Å². The second-order valence-corrected chi connectivity index (χ2v) is 5.38. The van der Waals surface area contributed by atoms with Crippen molar-refractivity contribution in [2.45, 2.75) is 38.8 Å². The molecule has 2 rings (SSSR count). The molecule has 1 saturated heterocycles. The van der Waals surface area contributed by atoms with Gasteiger partial charge in [-0.15, -0.1) is 0 Å². The highest BCUT2D eigenvalue weighted by Gasteiger charge is 2.25. The van der Waals surface area contributed by atoms with Gasteiger partial charge in [-0.2, -0.15) is 0 Å². The Morgan fingerprint density at radius 3 is 2.75 bits per heavy atom. The fraction of sp³-hybridized carbons (Fsp3) is 0.562. The van der Waals surface area contributed by atoms with E-state index in [0.717, 1.165) is 26.1 Å². The normalized spacial score (nSPS) is 23.8. The quantitative estimate of drug-likeness (QED) is 0.776. The van der Waals surface area contributed by atoms with E-state index in [0.29, 0.717) is 18.0 Å². The Kier molecular flexibility index (Phi) is 5.26. The van der Waals surface area contributed by atoms with E-state index in [2.05, 4.69) is 18.7 Å². The van der Waals surface area contributed by atoms with Gasteiger partial charge in [0.1, 0.15) is 5.82 Å². The molecule has 0 bridgehead atoms. The van der Waals surface area contributed by atoms with Crippen molar-refractivity contribution in [2.75, 3.05) is 19.7 Å². The topological polar surface area (TPSA) is 29.5 Å². The van der Waals surface area contributed by atoms with E-state index in [4.69, 9.17) is 4.74 Å². The Morgan fingerprint density at radius 1 is 1.40 bits per heavy atom. The molecule has 1 heterocycles. The predicted molar refractivity (Wildman–Crippen MR) is 76.4 cm³/mol. The van der Waals surface area contributed by atoms with Gasteiger partial charge in [-0.3, -0.25) is 9.69 Å². The average molecular weight is 279 g/mol. The molecule has 3 nitrogen and oxygen atoms in total. The third-order valence-corrected chi connectivity index (χ3v) is 3.84. The number of Topliss-reactive ketones (excluding diaryl/α,β-unsaturated/α-hetero) is 1. The number of ketones is 1. The molecule has 1 aromatic rings. The standard InChI is InChI=1S/C16H22FNO2/c1-3-15-11-20-12(2)10-18(15)9-8-16(19)13-4-6-14(17)7-5-13/h4-7,12,15H,3,8-11H2,1-2H3. The van der Waals surface area contributed by atoms with Crippen molar-refractivity contribution < 1.29 is 13.9 Å². The fourth-order valence-electron chi connectivity index (χ4n) is 2.59. The number of morpholine rings is 1. The summed E-state index contributed by atoms with van der Waals surface area (Å²) in [5.41, 5.74) is 0.584. The Hall–Kier alpha value is -1.26. The lowest BCUT2D eigenvalue weighted by molar-refractivity contribution is -0.0553. The van der Waals surface area contributed by atoms with Crippen LogP contribution in [0.15, 0.2) is 24.3 Å². The first kappa shape index (κ1) is 15.1. The van der Waals surface area contributed by atoms with Gasteiger partial charge in [0.25, 0.3) is 0 Å². The van der Waals surface area contributed by atoms with Crippen LogP contribution in [0.25, 0.3) is 0 Å². The first-order valence-electron chi connectivity index (χ1n) is 7.24. The third-order valence-electron chi connectivity index (χ3n) is 3.84. The number of rotatable bonds is 5. The zero-order valence-corrected chi connectivity index (χ0v) is 12.1. The smallest absolute Gasteiger partial charge is 0.164 e. The molecule has 1 aliphatic heterocycles. The Morgan fingerprint density at radius 2 is 2.10 bits per heavy atom. The van der Waals surface area contributed by atoms with E-state index < -0.39 is 0 Å². The number of carbonyl (C=O) groups excluding carboxylic acids is 1. The second kappa shape index (κ2) is 6.95. The molecule has 1 fully saturated rings. The van der Waals surface area contributed by atoms with Gasteiger partial charge >= 0.3 is 0 Å². The monoisotopic (exact) mass is 279 g/mol. The number of hydrogen-bond acceptors (Lipinski definition) is 3. The summed E-state index contributed by atoms with van der Waals surface area (Å²) in [6.07, 6.45) is 1.71. The summed E-state index contributed by atoms with van der Waals surface area (Å²) in [5, 5.41) is 0. The molecule has 20 heavy (non-hydrogen) atoms. The van der Waals surface area contributed by atoms with Gasteiger partial charge in [0.15, 0.2) is 5.78 Å². The van der Waals surface area contributed by atoms with Crippen LogP contribution < -0.4 is 0 Å². The number of hydrogen-bond donors (Lipinski definition) is 0. The minimum absolute atomic E-state index is 0.0685. The number of nitrogens with zero attached hydrogens (tertiary/aromatic N) is 1. The number of ether oxygens (including phenoxy) is 1. The summed E-state index contributed by atoms with van der Waals surface area (Å²) in [6.45, 7) is 6.54. The summed E-state index contributed by atoms with van der Waals surface area (Å²) in [4.78, 5) is 14.4. The molecule has 0 saturated carbocycles. The largest absolute Gasteiger partial charge is 0.376 e. The maximum Gasteiger partial charge on any atom is 0.164 e. The van der Waals surface area contributed by atoms with Crippen LogP contribution in [0.4, 0.5) is 4.39 Å². The predicted octanol–water partition coefficient (Wildman–Crippen LogP) is 2.90. The summed E-state index contributed by atoms with van der Waals surface area (Å²) < 4.78 is 18.5. The minimum Gasteiger partial charge on any atom is -0.376 e. The van der Waals surface area contributed by atoms with E-state index >= 15 is 0 Å². The van der Waals surface area contributed by atoms with Crippen LogP contribution in [0.1, 0.15) is 37.0 Å². The molecule has 0 amide bonds. The van der Waals surface area contributed by atoms with Gasteiger partial charge in [-0.25, -0.2) is 4.39 Å². The molecule has 0 N–H and O–H groups in total. The van der Waals surface area contributed by atoms with Crippen molar-refractivity contribution in [3.63, 3.8) is 0 Å². The average Bonchev–Trinajstić information content (AvgIpc) is 2.45. The summed E-state index contributed by atoms with van der Waals surface area (Å²) >= 11 is 0. The zero-order valence-electron chi connectivity index (χ0n) is 12.1. The van der Waals surface area contributed by atoms with Crippen LogP contribution in [0.2, 0.25) is 0 Å². The van der Waals surface area contributed by atoms with Gasteiger partial charge in [-0.05, 0) is 37.6 Å². The fourth-order valence-corrected chi connectivity index (χ4v) is 2.59. The number of benzene rings is 1. The van der Waals surface area contributed by atoms with Gasteiger partial charge in [0.2, 0.25) is 0 Å². The van der Waals surface area contributed by atoms with Crippen molar-refractivity contribution in [3.8, 4) is 0 Å². The SMILES string of the molecule is CCC1COC(C)CN1CCC(=O)c1ccc(F)cc1. The molecule has 4 heteroatoms. The van der Waals surface area contributed by atoms with Crippen LogP contribution in [0.5, 0.6) is 0 Å². The lowest BCUT2D eigenvalue weighted by atomic mass is 10.1. The van der Waals surface area contributed by atoms with Gasteiger partial charge < -0.3 is 4.74 Å². The highest BCUT2D eigenvalue weighted by atomic mass is 19.1. The van der Waals surface area contributed by atoms with Gasteiger partial charge in [0.05, 0.1) is 12.7 Å². The van der Waals surface area contributed by atoms with Gasteiger partial charge in [0, 0.05) is 31.1 Å². The molecular weight excluding hydrogens is 257 g/mol. The summed E-state index contributed by atoms with van der Waals surface area (Å²) in [7, 11) is 0. The maximum atomic E-state index is 12.8. The van der Waals surface area contributed by atoms with Crippen molar-refractivity contribution in [1.29, 1.82) is 0 Å². The molecule has 0 aliphatic carbocycles. The first-order valence-corrected chi connectivity index (χ1v) is 7.24. The minimum atomic E-state index is -0.311. The zero-order chi connectivity index (χ0) is 14.5. The number of carbonyl (C=O) groups is 1. The highest BCUT2D eigenvalue weighted by Crippen LogP contribution is 2.15. The van der Waals surface area contributed by atoms with Crippen LogP contribution >= 0.6 is 0 Å². The van der Waals surface area contributed by atoms with E-state index in [9.17, 15) is 9.18 Å².